The third-order valence-corrected chi connectivity index (χ3v) is 3.06. The van der Waals surface area contributed by atoms with Crippen LogP contribution in [0.15, 0.2) is 53.1 Å². The monoisotopic (exact) mass is 272 g/mol. The SMILES string of the molecule is O=C(Nc1noc2ccccc12)c1ccccc1Cl. The summed E-state index contributed by atoms with van der Waals surface area (Å²) < 4.78 is 5.12. The lowest BCUT2D eigenvalue weighted by Crippen LogP contribution is -2.12. The van der Waals surface area contributed by atoms with E-state index in [4.69, 9.17) is 16.1 Å². The minimum absolute atomic E-state index is 0.315. The lowest BCUT2D eigenvalue weighted by molar-refractivity contribution is 0.102. The Hall–Kier alpha value is -2.33. The van der Waals surface area contributed by atoms with Gasteiger partial charge in [-0.2, -0.15) is 0 Å². The van der Waals surface area contributed by atoms with E-state index >= 15 is 0 Å². The van der Waals surface area contributed by atoms with Crippen molar-refractivity contribution < 1.29 is 9.32 Å². The van der Waals surface area contributed by atoms with Crippen molar-refractivity contribution >= 4 is 34.3 Å². The number of fused-ring (bicyclic) bond motifs is 1. The number of para-hydroxylation sites is 1. The predicted molar refractivity (Wildman–Crippen MR) is 73.4 cm³/mol. The molecule has 3 aromatic rings. The first-order chi connectivity index (χ1) is 9.25. The standard InChI is InChI=1S/C14H9ClN2O2/c15-11-7-3-1-5-9(11)14(18)16-13-10-6-2-4-8-12(10)19-17-13/h1-8H,(H,16,17,18). The Balaban J connectivity index is 1.94. The van der Waals surface area contributed by atoms with Gasteiger partial charge in [0.25, 0.3) is 5.91 Å². The zero-order chi connectivity index (χ0) is 13.2. The highest BCUT2D eigenvalue weighted by Gasteiger charge is 2.14. The molecule has 0 atom stereocenters. The van der Waals surface area contributed by atoms with Gasteiger partial charge in [-0.3, -0.25) is 4.79 Å². The van der Waals surface area contributed by atoms with Crippen LogP contribution < -0.4 is 5.32 Å². The normalized spacial score (nSPS) is 10.6. The second-order valence-corrected chi connectivity index (χ2v) is 4.37. The molecule has 0 saturated heterocycles. The molecule has 0 aliphatic heterocycles. The van der Waals surface area contributed by atoms with Crippen LogP contribution in [0.3, 0.4) is 0 Å². The Kier molecular flexibility index (Phi) is 2.93. The molecular formula is C14H9ClN2O2. The second kappa shape index (κ2) is 4.74. The Morgan fingerprint density at radius 1 is 1.11 bits per heavy atom. The number of hydrogen-bond donors (Lipinski definition) is 1. The molecule has 0 aliphatic rings. The van der Waals surface area contributed by atoms with Gasteiger partial charge in [0.2, 0.25) is 0 Å². The third kappa shape index (κ3) is 2.18. The molecule has 0 bridgehead atoms. The van der Waals surface area contributed by atoms with Crippen molar-refractivity contribution in [3.05, 3.63) is 59.1 Å². The van der Waals surface area contributed by atoms with Crippen molar-refractivity contribution in [1.29, 1.82) is 0 Å². The van der Waals surface area contributed by atoms with Crippen molar-refractivity contribution in [3.8, 4) is 0 Å². The fourth-order valence-corrected chi connectivity index (χ4v) is 2.02. The summed E-state index contributed by atoms with van der Waals surface area (Å²) in [5, 5.41) is 7.68. The molecule has 0 spiro atoms. The summed E-state index contributed by atoms with van der Waals surface area (Å²) in [5.41, 5.74) is 1.02. The molecule has 1 aromatic heterocycles. The molecule has 0 unspecified atom stereocenters. The number of nitrogens with zero attached hydrogens (tertiary/aromatic N) is 1. The van der Waals surface area contributed by atoms with Crippen molar-refractivity contribution in [2.45, 2.75) is 0 Å². The fourth-order valence-electron chi connectivity index (χ4n) is 1.80. The van der Waals surface area contributed by atoms with Gasteiger partial charge in [0.15, 0.2) is 11.4 Å². The number of benzene rings is 2. The van der Waals surface area contributed by atoms with Crippen LogP contribution in [0.1, 0.15) is 10.4 Å². The first-order valence-electron chi connectivity index (χ1n) is 5.66. The van der Waals surface area contributed by atoms with Crippen molar-refractivity contribution in [1.82, 2.24) is 5.16 Å². The molecule has 1 amide bonds. The van der Waals surface area contributed by atoms with E-state index in [1.807, 2.05) is 18.2 Å². The minimum Gasteiger partial charge on any atom is -0.354 e. The van der Waals surface area contributed by atoms with E-state index in [0.29, 0.717) is 22.0 Å². The number of aromatic nitrogens is 1. The Labute approximate surface area is 114 Å². The molecule has 94 valence electrons. The number of hydrogen-bond acceptors (Lipinski definition) is 3. The van der Waals surface area contributed by atoms with Gasteiger partial charge >= 0.3 is 0 Å². The predicted octanol–water partition coefficient (Wildman–Crippen LogP) is 3.73. The van der Waals surface area contributed by atoms with Crippen LogP contribution in [0.25, 0.3) is 11.0 Å². The summed E-state index contributed by atoms with van der Waals surface area (Å²) in [6, 6.07) is 14.1. The van der Waals surface area contributed by atoms with Gasteiger partial charge in [-0.25, -0.2) is 0 Å². The molecule has 2 aromatic carbocycles. The third-order valence-electron chi connectivity index (χ3n) is 2.73. The van der Waals surface area contributed by atoms with Crippen LogP contribution in [-0.4, -0.2) is 11.1 Å². The smallest absolute Gasteiger partial charge is 0.258 e. The molecular weight excluding hydrogens is 264 g/mol. The molecule has 0 saturated carbocycles. The summed E-state index contributed by atoms with van der Waals surface area (Å²) in [7, 11) is 0. The van der Waals surface area contributed by atoms with E-state index < -0.39 is 0 Å². The maximum Gasteiger partial charge on any atom is 0.258 e. The maximum atomic E-state index is 12.1. The molecule has 1 heterocycles. The molecule has 5 heteroatoms. The average molecular weight is 273 g/mol. The second-order valence-electron chi connectivity index (χ2n) is 3.96. The maximum absolute atomic E-state index is 12.1. The molecule has 19 heavy (non-hydrogen) atoms. The van der Waals surface area contributed by atoms with Gasteiger partial charge in [-0.1, -0.05) is 41.0 Å². The first kappa shape index (κ1) is 11.7. The zero-order valence-electron chi connectivity index (χ0n) is 9.76. The number of rotatable bonds is 2. The Morgan fingerprint density at radius 2 is 1.84 bits per heavy atom. The van der Waals surface area contributed by atoms with Gasteiger partial charge in [0.1, 0.15) is 0 Å². The number of carbonyl (C=O) groups is 1. The van der Waals surface area contributed by atoms with Gasteiger partial charge < -0.3 is 9.84 Å². The van der Waals surface area contributed by atoms with Crippen LogP contribution in [0.2, 0.25) is 5.02 Å². The summed E-state index contributed by atoms with van der Waals surface area (Å²) in [4.78, 5) is 12.1. The van der Waals surface area contributed by atoms with Gasteiger partial charge in [0, 0.05) is 0 Å². The number of carbonyl (C=O) groups excluding carboxylic acids is 1. The summed E-state index contributed by atoms with van der Waals surface area (Å²) >= 11 is 5.97. The average Bonchev–Trinajstić information content (AvgIpc) is 2.83. The lowest BCUT2D eigenvalue weighted by Gasteiger charge is -2.03. The van der Waals surface area contributed by atoms with Crippen LogP contribution in [0.5, 0.6) is 0 Å². The summed E-state index contributed by atoms with van der Waals surface area (Å²) in [6.07, 6.45) is 0. The highest BCUT2D eigenvalue weighted by atomic mass is 35.5. The van der Waals surface area contributed by atoms with E-state index in [1.165, 1.54) is 0 Å². The van der Waals surface area contributed by atoms with E-state index in [-0.39, 0.29) is 5.91 Å². The quantitative estimate of drug-likeness (QED) is 0.773. The van der Waals surface area contributed by atoms with Crippen molar-refractivity contribution in [2.75, 3.05) is 5.32 Å². The molecule has 3 rings (SSSR count). The van der Waals surface area contributed by atoms with Gasteiger partial charge in [-0.15, -0.1) is 0 Å². The number of anilines is 1. The fraction of sp³-hybridized carbons (Fsp3) is 0. The number of amides is 1. The van der Waals surface area contributed by atoms with Gasteiger partial charge in [-0.05, 0) is 24.3 Å². The van der Waals surface area contributed by atoms with Gasteiger partial charge in [0.05, 0.1) is 16.0 Å². The van der Waals surface area contributed by atoms with Crippen LogP contribution in [0, 0.1) is 0 Å². The highest BCUT2D eigenvalue weighted by molar-refractivity contribution is 6.34. The van der Waals surface area contributed by atoms with E-state index in [2.05, 4.69) is 10.5 Å². The number of halogens is 1. The van der Waals surface area contributed by atoms with Crippen LogP contribution in [-0.2, 0) is 0 Å². The van der Waals surface area contributed by atoms with E-state index in [1.54, 1.807) is 30.3 Å². The van der Waals surface area contributed by atoms with Crippen molar-refractivity contribution in [3.63, 3.8) is 0 Å². The van der Waals surface area contributed by atoms with Crippen LogP contribution >= 0.6 is 11.6 Å². The molecule has 0 radical (unpaired) electrons. The molecule has 0 aliphatic carbocycles. The largest absolute Gasteiger partial charge is 0.354 e. The van der Waals surface area contributed by atoms with E-state index in [9.17, 15) is 4.79 Å². The minimum atomic E-state index is -0.315. The summed E-state index contributed by atoms with van der Waals surface area (Å²) in [5.74, 6) is 0.0742. The molecule has 1 N–H and O–H groups in total. The molecule has 4 nitrogen and oxygen atoms in total. The highest BCUT2D eigenvalue weighted by Crippen LogP contribution is 2.23. The Morgan fingerprint density at radius 3 is 2.68 bits per heavy atom. The Bertz CT molecular complexity index is 752. The van der Waals surface area contributed by atoms with E-state index in [0.717, 1.165) is 5.39 Å². The first-order valence-corrected chi connectivity index (χ1v) is 6.04. The van der Waals surface area contributed by atoms with Crippen LogP contribution in [0.4, 0.5) is 5.82 Å². The summed E-state index contributed by atoms with van der Waals surface area (Å²) in [6.45, 7) is 0. The zero-order valence-corrected chi connectivity index (χ0v) is 10.5. The topological polar surface area (TPSA) is 55.1 Å². The lowest BCUT2D eigenvalue weighted by atomic mass is 10.2. The van der Waals surface area contributed by atoms with Crippen molar-refractivity contribution in [2.24, 2.45) is 0 Å². The molecule has 0 fully saturated rings. The number of nitrogens with one attached hydrogen (secondary N) is 1.